The lowest BCUT2D eigenvalue weighted by Gasteiger charge is -2.28. The van der Waals surface area contributed by atoms with E-state index < -0.39 is 0 Å². The molecule has 0 aliphatic carbocycles. The molecular formula is C60H39NO. The first-order chi connectivity index (χ1) is 30.7. The molecule has 0 radical (unpaired) electrons. The van der Waals surface area contributed by atoms with Gasteiger partial charge in [0.2, 0.25) is 0 Å². The van der Waals surface area contributed by atoms with Crippen LogP contribution in [0, 0.1) is 0 Å². The van der Waals surface area contributed by atoms with Crippen molar-refractivity contribution in [2.45, 2.75) is 0 Å². The number of nitrogens with zero attached hydrogens (tertiary/aromatic N) is 1. The van der Waals surface area contributed by atoms with E-state index in [9.17, 15) is 0 Å². The second kappa shape index (κ2) is 14.8. The van der Waals surface area contributed by atoms with Crippen LogP contribution >= 0.6 is 0 Å². The van der Waals surface area contributed by atoms with Gasteiger partial charge < -0.3 is 9.32 Å². The standard InChI is InChI=1S/C60H39NO/c1-2-14-40(15-3-1)41-28-30-43(31-29-41)50-21-10-11-26-57(50)61(47-35-32-44(33-36-47)56-39-46-17-5-6-20-49(46)53-23-8-9-24-54(53)56)48-19-12-18-45(38-48)51-25-13-27-58-59(51)55-37-34-42-16-4-7-22-52(42)60(55)62-58/h1-39H. The van der Waals surface area contributed by atoms with Crippen molar-refractivity contribution < 1.29 is 4.42 Å². The summed E-state index contributed by atoms with van der Waals surface area (Å²) in [5, 5.41) is 9.58. The lowest BCUT2D eigenvalue weighted by molar-refractivity contribution is 0.673. The number of furan rings is 1. The highest BCUT2D eigenvalue weighted by atomic mass is 16.3. The Morgan fingerprint density at radius 2 is 0.887 bits per heavy atom. The van der Waals surface area contributed by atoms with Crippen LogP contribution in [0.4, 0.5) is 17.1 Å². The van der Waals surface area contributed by atoms with Gasteiger partial charge in [-0.25, -0.2) is 0 Å². The number of para-hydroxylation sites is 1. The minimum absolute atomic E-state index is 0.886. The van der Waals surface area contributed by atoms with Crippen LogP contribution in [0.3, 0.4) is 0 Å². The van der Waals surface area contributed by atoms with E-state index in [2.05, 4.69) is 241 Å². The van der Waals surface area contributed by atoms with Gasteiger partial charge in [-0.05, 0) is 114 Å². The Hall–Kier alpha value is -8.20. The third-order valence-electron chi connectivity index (χ3n) is 12.5. The summed E-state index contributed by atoms with van der Waals surface area (Å²) in [4.78, 5) is 2.41. The number of rotatable bonds is 7. The molecule has 0 N–H and O–H groups in total. The molecule has 0 aliphatic heterocycles. The topological polar surface area (TPSA) is 16.4 Å². The molecule has 1 heterocycles. The second-order valence-electron chi connectivity index (χ2n) is 16.0. The largest absolute Gasteiger partial charge is 0.455 e. The molecule has 12 aromatic rings. The molecule has 0 saturated heterocycles. The quantitative estimate of drug-likeness (QED) is 0.150. The minimum Gasteiger partial charge on any atom is -0.455 e. The van der Waals surface area contributed by atoms with Crippen molar-refractivity contribution in [2.24, 2.45) is 0 Å². The van der Waals surface area contributed by atoms with E-state index in [0.29, 0.717) is 0 Å². The maximum atomic E-state index is 6.63. The molecular weight excluding hydrogens is 751 g/mol. The molecule has 0 fully saturated rings. The van der Waals surface area contributed by atoms with E-state index in [-0.39, 0.29) is 0 Å². The highest BCUT2D eigenvalue weighted by Crippen LogP contribution is 2.45. The molecule has 12 rings (SSSR count). The van der Waals surface area contributed by atoms with Crippen LogP contribution in [-0.2, 0) is 0 Å². The van der Waals surface area contributed by atoms with Crippen molar-refractivity contribution in [3.63, 3.8) is 0 Å². The van der Waals surface area contributed by atoms with Gasteiger partial charge in [0.25, 0.3) is 0 Å². The van der Waals surface area contributed by atoms with Gasteiger partial charge in [0.1, 0.15) is 11.2 Å². The Bertz CT molecular complexity index is 3620. The highest BCUT2D eigenvalue weighted by Gasteiger charge is 2.20. The lowest BCUT2D eigenvalue weighted by Crippen LogP contribution is -2.11. The molecule has 0 unspecified atom stereocenters. The van der Waals surface area contributed by atoms with Gasteiger partial charge in [0.15, 0.2) is 0 Å². The molecule has 0 aliphatic rings. The van der Waals surface area contributed by atoms with Gasteiger partial charge in [0.05, 0.1) is 5.69 Å². The second-order valence-corrected chi connectivity index (χ2v) is 16.0. The van der Waals surface area contributed by atoms with Crippen molar-refractivity contribution in [3.8, 4) is 44.5 Å². The van der Waals surface area contributed by atoms with Gasteiger partial charge in [-0.1, -0.05) is 188 Å². The maximum Gasteiger partial charge on any atom is 0.143 e. The van der Waals surface area contributed by atoms with E-state index in [1.807, 2.05) is 0 Å². The van der Waals surface area contributed by atoms with Crippen LogP contribution in [0.15, 0.2) is 241 Å². The molecule has 62 heavy (non-hydrogen) atoms. The van der Waals surface area contributed by atoms with Crippen LogP contribution in [0.25, 0.3) is 98.8 Å². The van der Waals surface area contributed by atoms with Crippen LogP contribution in [0.2, 0.25) is 0 Å². The fraction of sp³-hybridized carbons (Fsp3) is 0. The number of hydrogen-bond acceptors (Lipinski definition) is 2. The lowest BCUT2D eigenvalue weighted by atomic mass is 9.93. The van der Waals surface area contributed by atoms with Crippen LogP contribution in [0.5, 0.6) is 0 Å². The summed E-state index contributed by atoms with van der Waals surface area (Å²) in [6.45, 7) is 0. The Morgan fingerprint density at radius 3 is 1.73 bits per heavy atom. The monoisotopic (exact) mass is 789 g/mol. The van der Waals surface area contributed by atoms with E-state index >= 15 is 0 Å². The van der Waals surface area contributed by atoms with Gasteiger partial charge in [-0.3, -0.25) is 0 Å². The average Bonchev–Trinajstić information content (AvgIpc) is 3.75. The fourth-order valence-electron chi connectivity index (χ4n) is 9.50. The molecule has 0 saturated carbocycles. The Morgan fingerprint density at radius 1 is 0.290 bits per heavy atom. The smallest absolute Gasteiger partial charge is 0.143 e. The van der Waals surface area contributed by atoms with Crippen LogP contribution in [-0.4, -0.2) is 0 Å². The molecule has 0 atom stereocenters. The molecule has 0 amide bonds. The van der Waals surface area contributed by atoms with Crippen molar-refractivity contribution in [2.75, 3.05) is 4.90 Å². The Balaban J connectivity index is 1.02. The van der Waals surface area contributed by atoms with Crippen molar-refractivity contribution in [3.05, 3.63) is 237 Å². The zero-order valence-corrected chi connectivity index (χ0v) is 33.9. The summed E-state index contributed by atoms with van der Waals surface area (Å²) in [7, 11) is 0. The molecule has 2 heteroatoms. The summed E-state index contributed by atoms with van der Waals surface area (Å²) in [6, 6.07) is 85.4. The Kier molecular flexibility index (Phi) is 8.53. The number of benzene rings is 11. The predicted octanol–water partition coefficient (Wildman–Crippen LogP) is 17.2. The molecule has 1 aromatic heterocycles. The van der Waals surface area contributed by atoms with E-state index in [0.717, 1.165) is 66.6 Å². The number of anilines is 3. The summed E-state index contributed by atoms with van der Waals surface area (Å²) in [5.74, 6) is 0. The summed E-state index contributed by atoms with van der Waals surface area (Å²) >= 11 is 0. The third-order valence-corrected chi connectivity index (χ3v) is 12.5. The first-order valence-electron chi connectivity index (χ1n) is 21.2. The van der Waals surface area contributed by atoms with E-state index in [1.165, 1.54) is 49.2 Å². The SMILES string of the molecule is c1ccc(-c2ccc(-c3ccccc3N(c3ccc(-c4cc5ccccc5c5ccccc45)cc3)c3cccc(-c4cccc5oc6c7ccccc7ccc6c45)c3)cc2)cc1. The molecule has 290 valence electrons. The number of hydrogen-bond donors (Lipinski definition) is 0. The molecule has 0 spiro atoms. The van der Waals surface area contributed by atoms with Crippen molar-refractivity contribution in [1.82, 2.24) is 0 Å². The summed E-state index contributed by atoms with van der Waals surface area (Å²) in [6.07, 6.45) is 0. The third kappa shape index (κ3) is 6.04. The van der Waals surface area contributed by atoms with Gasteiger partial charge in [-0.15, -0.1) is 0 Å². The first kappa shape index (κ1) is 35.7. The van der Waals surface area contributed by atoms with E-state index in [4.69, 9.17) is 4.42 Å². The van der Waals surface area contributed by atoms with E-state index in [1.54, 1.807) is 0 Å². The highest BCUT2D eigenvalue weighted by molar-refractivity contribution is 6.19. The first-order valence-corrected chi connectivity index (χ1v) is 21.2. The van der Waals surface area contributed by atoms with Gasteiger partial charge >= 0.3 is 0 Å². The Labute approximate surface area is 360 Å². The van der Waals surface area contributed by atoms with Crippen molar-refractivity contribution >= 4 is 71.3 Å². The van der Waals surface area contributed by atoms with Gasteiger partial charge in [0, 0.05) is 33.1 Å². The normalized spacial score (nSPS) is 11.5. The minimum atomic E-state index is 0.886. The fourth-order valence-corrected chi connectivity index (χ4v) is 9.50. The van der Waals surface area contributed by atoms with Crippen LogP contribution in [0.1, 0.15) is 0 Å². The summed E-state index contributed by atoms with van der Waals surface area (Å²) in [5.41, 5.74) is 14.4. The van der Waals surface area contributed by atoms with Crippen LogP contribution < -0.4 is 4.90 Å². The summed E-state index contributed by atoms with van der Waals surface area (Å²) < 4.78 is 6.63. The predicted molar refractivity (Wildman–Crippen MR) is 263 cm³/mol. The maximum absolute atomic E-state index is 6.63. The molecule has 11 aromatic carbocycles. The molecule has 2 nitrogen and oxygen atoms in total. The van der Waals surface area contributed by atoms with Crippen molar-refractivity contribution in [1.29, 1.82) is 0 Å². The average molecular weight is 790 g/mol. The van der Waals surface area contributed by atoms with Gasteiger partial charge in [-0.2, -0.15) is 0 Å². The number of fused-ring (bicyclic) bond motifs is 8. The zero-order chi connectivity index (χ0) is 41.0. The molecule has 0 bridgehead atoms. The zero-order valence-electron chi connectivity index (χ0n) is 33.9.